The monoisotopic (exact) mass is 252 g/mol. The van der Waals surface area contributed by atoms with E-state index in [2.05, 4.69) is 17.6 Å². The van der Waals surface area contributed by atoms with Crippen LogP contribution in [-0.2, 0) is 4.79 Å². The van der Waals surface area contributed by atoms with Crippen molar-refractivity contribution in [2.24, 2.45) is 5.92 Å². The maximum absolute atomic E-state index is 11.6. The van der Waals surface area contributed by atoms with Crippen LogP contribution in [0.1, 0.15) is 32.6 Å². The van der Waals surface area contributed by atoms with Crippen LogP contribution in [0.5, 0.6) is 0 Å². The van der Waals surface area contributed by atoms with Crippen LogP contribution in [-0.4, -0.2) is 30.7 Å². The minimum atomic E-state index is -0.964. The quantitative estimate of drug-likeness (QED) is 0.606. The molecule has 1 aliphatic carbocycles. The Kier molecular flexibility index (Phi) is 5.41. The second kappa shape index (κ2) is 6.59. The number of carboxylic acids is 1. The normalized spacial score (nSPS) is 26.8. The number of hydrogen-bond acceptors (Lipinski definition) is 3. The number of aliphatic carboxylic acids is 1. The van der Waals surface area contributed by atoms with Crippen LogP contribution in [0.2, 0.25) is 0 Å². The number of likely N-dealkylation sites (N-methyl/N-ethyl adjacent to an activating group) is 2. The van der Waals surface area contributed by atoms with Crippen molar-refractivity contribution in [3.8, 4) is 0 Å². The lowest BCUT2D eigenvalue weighted by molar-refractivity contribution is -0.144. The van der Waals surface area contributed by atoms with Crippen molar-refractivity contribution in [2.45, 2.75) is 38.1 Å². The molecule has 1 aliphatic rings. The van der Waals surface area contributed by atoms with Crippen molar-refractivity contribution in [1.82, 2.24) is 10.6 Å². The third kappa shape index (κ3) is 2.93. The van der Waals surface area contributed by atoms with Gasteiger partial charge in [-0.1, -0.05) is 38.3 Å². The topological polar surface area (TPSA) is 61.4 Å². The highest BCUT2D eigenvalue weighted by molar-refractivity contribution is 5.83. The van der Waals surface area contributed by atoms with Crippen LogP contribution in [0.3, 0.4) is 0 Å². The molecule has 0 aliphatic heterocycles. The second-order valence-electron chi connectivity index (χ2n) is 4.73. The van der Waals surface area contributed by atoms with Gasteiger partial charge in [-0.15, -0.1) is 0 Å². The molecule has 0 aromatic rings. The van der Waals surface area contributed by atoms with Crippen LogP contribution < -0.4 is 10.6 Å². The van der Waals surface area contributed by atoms with E-state index in [0.717, 1.165) is 31.4 Å². The van der Waals surface area contributed by atoms with Gasteiger partial charge in [0.2, 0.25) is 0 Å². The molecule has 0 saturated heterocycles. The fourth-order valence-corrected chi connectivity index (χ4v) is 2.45. The summed E-state index contributed by atoms with van der Waals surface area (Å²) in [5, 5.41) is 15.6. The lowest BCUT2D eigenvalue weighted by atomic mass is 9.77. The average molecular weight is 252 g/mol. The number of rotatable bonds is 7. The first kappa shape index (κ1) is 14.8. The molecule has 3 N–H and O–H groups in total. The Morgan fingerprint density at radius 2 is 2.17 bits per heavy atom. The lowest BCUT2D eigenvalue weighted by Gasteiger charge is -2.35. The molecular formula is C14H24N2O2. The minimum absolute atomic E-state index is 0.0148. The Bertz CT molecular complexity index is 350. The Balaban J connectivity index is 2.91. The first-order chi connectivity index (χ1) is 8.60. The third-order valence-corrected chi connectivity index (χ3v) is 3.67. The van der Waals surface area contributed by atoms with Crippen LogP contribution >= 0.6 is 0 Å². The Morgan fingerprint density at radius 3 is 2.67 bits per heavy atom. The number of allylic oxidation sites excluding steroid dienone is 1. The van der Waals surface area contributed by atoms with Gasteiger partial charge in [0.15, 0.2) is 0 Å². The number of unbranched alkanes of at least 4 members (excludes halogenated alkanes) is 2. The molecule has 1 rings (SSSR count). The first-order valence-corrected chi connectivity index (χ1v) is 6.61. The zero-order valence-corrected chi connectivity index (χ0v) is 11.5. The standard InChI is InChI=1S/C14H24N2O2/c1-4-5-6-7-11-10-12(15-2)8-9-14(11,16-3)13(17)18/h8-11,15-16H,4-7H2,1-3H3,(H,17,18). The van der Waals surface area contributed by atoms with E-state index in [9.17, 15) is 9.90 Å². The number of nitrogens with one attached hydrogen (secondary N) is 2. The molecule has 0 aromatic heterocycles. The fourth-order valence-electron chi connectivity index (χ4n) is 2.45. The maximum Gasteiger partial charge on any atom is 0.328 e. The summed E-state index contributed by atoms with van der Waals surface area (Å²) in [6.07, 6.45) is 9.85. The molecular weight excluding hydrogens is 228 g/mol. The van der Waals surface area contributed by atoms with E-state index in [1.165, 1.54) is 0 Å². The molecule has 0 saturated carbocycles. The van der Waals surface area contributed by atoms with Crippen molar-refractivity contribution in [1.29, 1.82) is 0 Å². The number of carbonyl (C=O) groups is 1. The Morgan fingerprint density at radius 1 is 1.44 bits per heavy atom. The molecule has 0 amide bonds. The van der Waals surface area contributed by atoms with Gasteiger partial charge in [0, 0.05) is 18.7 Å². The van der Waals surface area contributed by atoms with Crippen LogP contribution in [0.4, 0.5) is 0 Å². The molecule has 0 radical (unpaired) electrons. The molecule has 4 heteroatoms. The van der Waals surface area contributed by atoms with E-state index in [0.29, 0.717) is 0 Å². The molecule has 0 aromatic carbocycles. The Hall–Kier alpha value is -1.29. The largest absolute Gasteiger partial charge is 0.480 e. The van der Waals surface area contributed by atoms with Gasteiger partial charge in [-0.3, -0.25) is 0 Å². The van der Waals surface area contributed by atoms with Gasteiger partial charge in [-0.05, 0) is 19.5 Å². The zero-order valence-electron chi connectivity index (χ0n) is 11.5. The van der Waals surface area contributed by atoms with Crippen molar-refractivity contribution in [2.75, 3.05) is 14.1 Å². The molecule has 0 spiro atoms. The lowest BCUT2D eigenvalue weighted by Crippen LogP contribution is -2.55. The van der Waals surface area contributed by atoms with Gasteiger partial charge in [-0.25, -0.2) is 4.79 Å². The summed E-state index contributed by atoms with van der Waals surface area (Å²) >= 11 is 0. The highest BCUT2D eigenvalue weighted by Gasteiger charge is 2.42. The molecule has 2 atom stereocenters. The van der Waals surface area contributed by atoms with E-state index >= 15 is 0 Å². The van der Waals surface area contributed by atoms with Gasteiger partial charge in [-0.2, -0.15) is 0 Å². The smallest absolute Gasteiger partial charge is 0.328 e. The van der Waals surface area contributed by atoms with E-state index in [1.54, 1.807) is 13.1 Å². The molecule has 0 bridgehead atoms. The minimum Gasteiger partial charge on any atom is -0.480 e. The average Bonchev–Trinajstić information content (AvgIpc) is 2.38. The summed E-state index contributed by atoms with van der Waals surface area (Å²) in [5.74, 6) is -0.826. The predicted molar refractivity (Wildman–Crippen MR) is 73.3 cm³/mol. The van der Waals surface area contributed by atoms with E-state index in [4.69, 9.17) is 0 Å². The van der Waals surface area contributed by atoms with Gasteiger partial charge in [0.05, 0.1) is 0 Å². The van der Waals surface area contributed by atoms with Crippen molar-refractivity contribution in [3.63, 3.8) is 0 Å². The van der Waals surface area contributed by atoms with Crippen LogP contribution in [0, 0.1) is 5.92 Å². The zero-order chi connectivity index (χ0) is 13.6. The second-order valence-corrected chi connectivity index (χ2v) is 4.73. The van der Waals surface area contributed by atoms with Crippen LogP contribution in [0.15, 0.2) is 23.9 Å². The molecule has 18 heavy (non-hydrogen) atoms. The highest BCUT2D eigenvalue weighted by atomic mass is 16.4. The number of hydrogen-bond donors (Lipinski definition) is 3. The fraction of sp³-hybridized carbons (Fsp3) is 0.643. The molecule has 0 heterocycles. The highest BCUT2D eigenvalue weighted by Crippen LogP contribution is 2.31. The van der Waals surface area contributed by atoms with Crippen LogP contribution in [0.25, 0.3) is 0 Å². The van der Waals surface area contributed by atoms with E-state index < -0.39 is 11.5 Å². The van der Waals surface area contributed by atoms with Crippen molar-refractivity contribution >= 4 is 5.97 Å². The van der Waals surface area contributed by atoms with E-state index in [-0.39, 0.29) is 5.92 Å². The SMILES string of the molecule is CCCCCC1C=C(NC)C=CC1(NC)C(=O)O. The van der Waals surface area contributed by atoms with Gasteiger partial charge in [0.25, 0.3) is 0 Å². The van der Waals surface area contributed by atoms with Gasteiger partial charge in [0.1, 0.15) is 5.54 Å². The summed E-state index contributed by atoms with van der Waals surface area (Å²) in [4.78, 5) is 11.6. The van der Waals surface area contributed by atoms with E-state index in [1.807, 2.05) is 19.2 Å². The summed E-state index contributed by atoms with van der Waals surface area (Å²) < 4.78 is 0. The summed E-state index contributed by atoms with van der Waals surface area (Å²) in [6.45, 7) is 2.15. The maximum atomic E-state index is 11.6. The first-order valence-electron chi connectivity index (χ1n) is 6.61. The molecule has 102 valence electrons. The number of carboxylic acid groups (broad SMARTS) is 1. The summed E-state index contributed by atoms with van der Waals surface area (Å²) in [5.41, 5.74) is 0.0253. The van der Waals surface area contributed by atoms with Crippen molar-refractivity contribution in [3.05, 3.63) is 23.9 Å². The summed E-state index contributed by atoms with van der Waals surface area (Å²) in [6, 6.07) is 0. The van der Waals surface area contributed by atoms with Crippen molar-refractivity contribution < 1.29 is 9.90 Å². The Labute approximate surface area is 109 Å². The molecule has 4 nitrogen and oxygen atoms in total. The molecule has 2 unspecified atom stereocenters. The summed E-state index contributed by atoms with van der Waals surface area (Å²) in [7, 11) is 3.57. The van der Waals surface area contributed by atoms with Gasteiger partial charge < -0.3 is 15.7 Å². The van der Waals surface area contributed by atoms with Gasteiger partial charge >= 0.3 is 5.97 Å². The molecule has 0 fully saturated rings. The predicted octanol–water partition coefficient (Wildman–Crippen LogP) is 1.90. The third-order valence-electron chi connectivity index (χ3n) is 3.67.